The Bertz CT molecular complexity index is 827. The maximum Gasteiger partial charge on any atom is 0.140 e. The first-order valence-electron chi connectivity index (χ1n) is 6.21. The van der Waals surface area contributed by atoms with Gasteiger partial charge in [0.25, 0.3) is 0 Å². The van der Waals surface area contributed by atoms with E-state index in [1.165, 1.54) is 6.07 Å². The third kappa shape index (κ3) is 1.99. The summed E-state index contributed by atoms with van der Waals surface area (Å²) < 4.78 is 15.3. The Hall–Kier alpha value is -2.80. The van der Waals surface area contributed by atoms with Gasteiger partial charge in [-0.15, -0.1) is 0 Å². The van der Waals surface area contributed by atoms with Gasteiger partial charge in [0, 0.05) is 18.1 Å². The molecule has 0 spiro atoms. The lowest BCUT2D eigenvalue weighted by molar-refractivity contribution is 0.622. The second-order valence-corrected chi connectivity index (χ2v) is 4.65. The lowest BCUT2D eigenvalue weighted by Gasteiger charge is -2.08. The maximum absolute atomic E-state index is 13.3. The number of aromatic nitrogens is 1. The van der Waals surface area contributed by atoms with Gasteiger partial charge in [-0.25, -0.2) is 4.39 Å². The minimum atomic E-state index is -0.492. The predicted molar refractivity (Wildman–Crippen MR) is 76.6 cm³/mol. The van der Waals surface area contributed by atoms with Crippen LogP contribution < -0.4 is 5.73 Å². The molecule has 20 heavy (non-hydrogen) atoms. The van der Waals surface area contributed by atoms with Crippen LogP contribution in [-0.4, -0.2) is 4.57 Å². The molecule has 0 aliphatic rings. The number of nitrogen functional groups attached to an aromatic ring is 1. The average Bonchev–Trinajstić information content (AvgIpc) is 2.85. The van der Waals surface area contributed by atoms with Gasteiger partial charge in [-0.05, 0) is 29.8 Å². The van der Waals surface area contributed by atoms with E-state index in [9.17, 15) is 4.39 Å². The fraction of sp³-hybridized carbons (Fsp3) is 0.0625. The van der Waals surface area contributed by atoms with Crippen LogP contribution in [0.4, 0.5) is 10.1 Å². The Morgan fingerprint density at radius 2 is 2.05 bits per heavy atom. The van der Waals surface area contributed by atoms with Gasteiger partial charge in [-0.3, -0.25) is 0 Å². The van der Waals surface area contributed by atoms with Gasteiger partial charge in [0.15, 0.2) is 0 Å². The molecule has 0 amide bonds. The monoisotopic (exact) mass is 265 g/mol. The molecule has 0 saturated carbocycles. The lowest BCUT2D eigenvalue weighted by atomic mass is 10.1. The Kier molecular flexibility index (Phi) is 2.88. The highest BCUT2D eigenvalue weighted by Gasteiger charge is 2.07. The fourth-order valence-corrected chi connectivity index (χ4v) is 2.38. The minimum absolute atomic E-state index is 0.0620. The number of hydrogen-bond donors (Lipinski definition) is 1. The van der Waals surface area contributed by atoms with Crippen LogP contribution in [0.2, 0.25) is 0 Å². The lowest BCUT2D eigenvalue weighted by Crippen LogP contribution is -2.01. The van der Waals surface area contributed by atoms with Crippen LogP contribution in [0.3, 0.4) is 0 Å². The van der Waals surface area contributed by atoms with Crippen LogP contribution in [0.15, 0.2) is 48.7 Å². The summed E-state index contributed by atoms with van der Waals surface area (Å²) in [5.41, 5.74) is 8.59. The van der Waals surface area contributed by atoms with Crippen molar-refractivity contribution < 1.29 is 4.39 Å². The molecule has 3 nitrogen and oxygen atoms in total. The molecule has 0 saturated heterocycles. The van der Waals surface area contributed by atoms with Crippen molar-refractivity contribution in [1.82, 2.24) is 4.57 Å². The van der Waals surface area contributed by atoms with Crippen molar-refractivity contribution in [3.8, 4) is 6.07 Å². The summed E-state index contributed by atoms with van der Waals surface area (Å²) in [5.74, 6) is -0.492. The number of benzene rings is 2. The van der Waals surface area contributed by atoms with E-state index in [1.807, 2.05) is 41.1 Å². The number of nitrogens with two attached hydrogens (primary N) is 1. The van der Waals surface area contributed by atoms with Crippen LogP contribution in [0.5, 0.6) is 0 Å². The van der Waals surface area contributed by atoms with Crippen molar-refractivity contribution in [2.45, 2.75) is 6.54 Å². The van der Waals surface area contributed by atoms with E-state index in [0.717, 1.165) is 16.5 Å². The minimum Gasteiger partial charge on any atom is -0.397 e. The molecular weight excluding hydrogens is 253 g/mol. The van der Waals surface area contributed by atoms with Gasteiger partial charge in [-0.2, -0.15) is 5.26 Å². The van der Waals surface area contributed by atoms with E-state index in [0.29, 0.717) is 12.2 Å². The van der Waals surface area contributed by atoms with E-state index < -0.39 is 5.82 Å². The average molecular weight is 265 g/mol. The first-order valence-corrected chi connectivity index (χ1v) is 6.21. The molecule has 0 aliphatic carbocycles. The van der Waals surface area contributed by atoms with Crippen LogP contribution in [0.1, 0.15) is 11.1 Å². The van der Waals surface area contributed by atoms with E-state index in [4.69, 9.17) is 11.0 Å². The van der Waals surface area contributed by atoms with E-state index >= 15 is 0 Å². The van der Waals surface area contributed by atoms with Gasteiger partial charge in [0.1, 0.15) is 11.9 Å². The van der Waals surface area contributed by atoms with Crippen molar-refractivity contribution in [1.29, 1.82) is 5.26 Å². The smallest absolute Gasteiger partial charge is 0.140 e. The molecule has 3 rings (SSSR count). The summed E-state index contributed by atoms with van der Waals surface area (Å²) in [5, 5.41) is 9.93. The largest absolute Gasteiger partial charge is 0.397 e. The summed E-state index contributed by atoms with van der Waals surface area (Å²) in [4.78, 5) is 0. The fourth-order valence-electron chi connectivity index (χ4n) is 2.38. The number of nitriles is 1. The third-order valence-electron chi connectivity index (χ3n) is 3.32. The normalized spacial score (nSPS) is 10.6. The standard InChI is InChI=1S/C16H12FN3/c17-14-5-4-11(8-13(14)9-18)10-20-7-6-12-2-1-3-15(19)16(12)20/h1-8H,10,19H2. The zero-order chi connectivity index (χ0) is 14.1. The number of halogens is 1. The van der Waals surface area contributed by atoms with Crippen molar-refractivity contribution in [2.24, 2.45) is 0 Å². The molecule has 0 aliphatic heterocycles. The highest BCUT2D eigenvalue weighted by atomic mass is 19.1. The quantitative estimate of drug-likeness (QED) is 0.723. The van der Waals surface area contributed by atoms with Crippen LogP contribution in [-0.2, 0) is 6.54 Å². The van der Waals surface area contributed by atoms with Gasteiger partial charge >= 0.3 is 0 Å². The van der Waals surface area contributed by atoms with Crippen LogP contribution >= 0.6 is 0 Å². The zero-order valence-corrected chi connectivity index (χ0v) is 10.7. The first kappa shape index (κ1) is 12.2. The molecule has 0 atom stereocenters. The molecule has 98 valence electrons. The summed E-state index contributed by atoms with van der Waals surface area (Å²) in [6, 6.07) is 14.2. The molecule has 2 N–H and O–H groups in total. The zero-order valence-electron chi connectivity index (χ0n) is 10.7. The van der Waals surface area contributed by atoms with Crippen LogP contribution in [0, 0.1) is 17.1 Å². The molecule has 1 aromatic heterocycles. The molecule has 0 bridgehead atoms. The Labute approximate surface area is 115 Å². The molecule has 0 radical (unpaired) electrons. The van der Waals surface area contributed by atoms with E-state index in [1.54, 1.807) is 12.1 Å². The summed E-state index contributed by atoms with van der Waals surface area (Å²) in [6.07, 6.45) is 1.94. The summed E-state index contributed by atoms with van der Waals surface area (Å²) >= 11 is 0. The number of nitrogens with zero attached hydrogens (tertiary/aromatic N) is 2. The number of anilines is 1. The molecule has 3 aromatic rings. The molecule has 2 aromatic carbocycles. The Balaban J connectivity index is 2.04. The second-order valence-electron chi connectivity index (χ2n) is 4.65. The van der Waals surface area contributed by atoms with Gasteiger partial charge in [0.2, 0.25) is 0 Å². The summed E-state index contributed by atoms with van der Waals surface area (Å²) in [6.45, 7) is 0.548. The van der Waals surface area contributed by atoms with Crippen LogP contribution in [0.25, 0.3) is 10.9 Å². The molecule has 0 unspecified atom stereocenters. The number of fused-ring (bicyclic) bond motifs is 1. The predicted octanol–water partition coefficient (Wildman–Crippen LogP) is 3.28. The topological polar surface area (TPSA) is 54.7 Å². The third-order valence-corrected chi connectivity index (χ3v) is 3.32. The number of hydrogen-bond acceptors (Lipinski definition) is 2. The van der Waals surface area contributed by atoms with Gasteiger partial charge in [0.05, 0.1) is 16.8 Å². The molecular formula is C16H12FN3. The van der Waals surface area contributed by atoms with Crippen molar-refractivity contribution >= 4 is 16.6 Å². The van der Waals surface area contributed by atoms with Crippen molar-refractivity contribution in [3.05, 3.63) is 65.6 Å². The van der Waals surface area contributed by atoms with Crippen molar-refractivity contribution in [3.63, 3.8) is 0 Å². The van der Waals surface area contributed by atoms with Crippen molar-refractivity contribution in [2.75, 3.05) is 5.73 Å². The molecule has 0 fully saturated rings. The Morgan fingerprint density at radius 3 is 2.85 bits per heavy atom. The maximum atomic E-state index is 13.3. The highest BCUT2D eigenvalue weighted by Crippen LogP contribution is 2.23. The first-order chi connectivity index (χ1) is 9.69. The van der Waals surface area contributed by atoms with Gasteiger partial charge in [-0.1, -0.05) is 18.2 Å². The summed E-state index contributed by atoms with van der Waals surface area (Å²) in [7, 11) is 0. The SMILES string of the molecule is N#Cc1cc(Cn2ccc3cccc(N)c32)ccc1F. The highest BCUT2D eigenvalue weighted by molar-refractivity contribution is 5.90. The van der Waals surface area contributed by atoms with E-state index in [2.05, 4.69) is 0 Å². The molecule has 4 heteroatoms. The second kappa shape index (κ2) is 4.71. The molecule has 1 heterocycles. The van der Waals surface area contributed by atoms with Gasteiger partial charge < -0.3 is 10.3 Å². The van der Waals surface area contributed by atoms with E-state index in [-0.39, 0.29) is 5.56 Å². The number of rotatable bonds is 2. The Morgan fingerprint density at radius 1 is 1.20 bits per heavy atom. The number of para-hydroxylation sites is 1.